The van der Waals surface area contributed by atoms with Gasteiger partial charge in [0.25, 0.3) is 0 Å². The average Bonchev–Trinajstić information content (AvgIpc) is 2.79. The maximum atomic E-state index is 12.5. The Kier molecular flexibility index (Phi) is 6.16. The summed E-state index contributed by atoms with van der Waals surface area (Å²) in [5, 5.41) is 4.23. The molecule has 0 aromatic heterocycles. The summed E-state index contributed by atoms with van der Waals surface area (Å²) in [6, 6.07) is 16.4. The topological polar surface area (TPSA) is 65.0 Å². The lowest BCUT2D eigenvalue weighted by molar-refractivity contribution is -0.126. The van der Waals surface area contributed by atoms with E-state index in [1.165, 1.54) is 5.56 Å². The van der Waals surface area contributed by atoms with Crippen molar-refractivity contribution < 1.29 is 9.59 Å². The highest BCUT2D eigenvalue weighted by molar-refractivity contribution is 6.05. The van der Waals surface area contributed by atoms with Gasteiger partial charge >= 0.3 is 0 Å². The molecular formula is C25H28N4O2. The number of nitrogens with one attached hydrogen (secondary N) is 1. The highest BCUT2D eigenvalue weighted by Crippen LogP contribution is 2.21. The normalized spacial score (nSPS) is 19.4. The molecule has 0 bridgehead atoms. The van der Waals surface area contributed by atoms with E-state index in [1.54, 1.807) is 6.08 Å². The smallest absolute Gasteiger partial charge is 0.246 e. The maximum absolute atomic E-state index is 12.5. The third-order valence-corrected chi connectivity index (χ3v) is 5.87. The third kappa shape index (κ3) is 5.02. The molecule has 0 radical (unpaired) electrons. The van der Waals surface area contributed by atoms with E-state index in [9.17, 15) is 9.59 Å². The molecule has 2 heterocycles. The Morgan fingerprint density at radius 2 is 1.71 bits per heavy atom. The van der Waals surface area contributed by atoms with E-state index in [4.69, 9.17) is 0 Å². The van der Waals surface area contributed by atoms with Crippen LogP contribution in [0, 0.1) is 12.8 Å². The molecule has 1 fully saturated rings. The van der Waals surface area contributed by atoms with Crippen LogP contribution >= 0.6 is 0 Å². The summed E-state index contributed by atoms with van der Waals surface area (Å²) in [4.78, 5) is 28.2. The van der Waals surface area contributed by atoms with Crippen molar-refractivity contribution in [1.29, 1.82) is 0 Å². The highest BCUT2D eigenvalue weighted by atomic mass is 16.2. The van der Waals surface area contributed by atoms with Crippen LogP contribution in [0.25, 0.3) is 6.08 Å². The fraction of sp³-hybridized carbons (Fsp3) is 0.320. The first-order chi connectivity index (χ1) is 15.0. The van der Waals surface area contributed by atoms with E-state index in [0.717, 1.165) is 35.6 Å². The molecule has 1 atom stereocenters. The minimum absolute atomic E-state index is 0.0333. The molecule has 6 heteroatoms. The Hall–Kier alpha value is -3.41. The van der Waals surface area contributed by atoms with Crippen LogP contribution in [0.2, 0.25) is 0 Å². The zero-order valence-electron chi connectivity index (χ0n) is 18.0. The minimum Gasteiger partial charge on any atom is -0.368 e. The van der Waals surface area contributed by atoms with Crippen molar-refractivity contribution in [3.8, 4) is 0 Å². The van der Waals surface area contributed by atoms with E-state index in [2.05, 4.69) is 46.6 Å². The van der Waals surface area contributed by atoms with E-state index < -0.39 is 0 Å². The molecule has 2 aromatic carbocycles. The van der Waals surface area contributed by atoms with Gasteiger partial charge in [-0.1, -0.05) is 48.9 Å². The average molecular weight is 417 g/mol. The number of hydrogen-bond donors (Lipinski definition) is 1. The monoisotopic (exact) mass is 416 g/mol. The Balaban J connectivity index is 1.33. The van der Waals surface area contributed by atoms with Gasteiger partial charge in [0.15, 0.2) is 0 Å². The SMILES string of the molecule is Cc1ccc(/C=C/C(=O)N2CCN(c3ccc(C4=NNC(=O)CC4C)cc3)CC2)cc1. The fourth-order valence-corrected chi connectivity index (χ4v) is 3.98. The van der Waals surface area contributed by atoms with Gasteiger partial charge < -0.3 is 9.80 Å². The number of benzene rings is 2. The molecule has 31 heavy (non-hydrogen) atoms. The predicted octanol–water partition coefficient (Wildman–Crippen LogP) is 3.22. The molecule has 1 saturated heterocycles. The number of piperazine rings is 1. The van der Waals surface area contributed by atoms with Crippen LogP contribution in [0.1, 0.15) is 30.0 Å². The zero-order chi connectivity index (χ0) is 21.8. The van der Waals surface area contributed by atoms with E-state index in [0.29, 0.717) is 19.5 Å². The summed E-state index contributed by atoms with van der Waals surface area (Å²) in [5.74, 6) is 0.137. The number of aryl methyl sites for hydroxylation is 1. The van der Waals surface area contributed by atoms with Crippen LogP contribution in [0.3, 0.4) is 0 Å². The number of carbonyl (C=O) groups is 2. The number of carbonyl (C=O) groups excluding carboxylic acids is 2. The van der Waals surface area contributed by atoms with Crippen molar-refractivity contribution in [3.63, 3.8) is 0 Å². The van der Waals surface area contributed by atoms with Gasteiger partial charge in [0.2, 0.25) is 11.8 Å². The number of amides is 2. The molecule has 0 saturated carbocycles. The van der Waals surface area contributed by atoms with E-state index >= 15 is 0 Å². The Morgan fingerprint density at radius 3 is 2.35 bits per heavy atom. The Labute approximate surface area is 183 Å². The van der Waals surface area contributed by atoms with Crippen molar-refractivity contribution in [2.24, 2.45) is 11.0 Å². The first kappa shape index (κ1) is 20.8. The molecule has 4 rings (SSSR count). The van der Waals surface area contributed by atoms with Gasteiger partial charge in [-0.25, -0.2) is 5.43 Å². The van der Waals surface area contributed by atoms with Crippen molar-refractivity contribution in [2.45, 2.75) is 20.3 Å². The Bertz CT molecular complexity index is 1000. The lowest BCUT2D eigenvalue weighted by Crippen LogP contribution is -2.48. The van der Waals surface area contributed by atoms with Gasteiger partial charge in [0.05, 0.1) is 5.71 Å². The second-order valence-electron chi connectivity index (χ2n) is 8.24. The lowest BCUT2D eigenvalue weighted by atomic mass is 9.94. The molecule has 0 aliphatic carbocycles. The van der Waals surface area contributed by atoms with E-state index in [1.807, 2.05) is 42.2 Å². The molecule has 1 unspecified atom stereocenters. The summed E-state index contributed by atoms with van der Waals surface area (Å²) in [7, 11) is 0. The van der Waals surface area contributed by atoms with Gasteiger partial charge in [-0.15, -0.1) is 0 Å². The summed E-state index contributed by atoms with van der Waals surface area (Å²) in [6.45, 7) is 7.08. The first-order valence-corrected chi connectivity index (χ1v) is 10.7. The Morgan fingerprint density at radius 1 is 1.03 bits per heavy atom. The minimum atomic E-state index is -0.0333. The standard InChI is InChI=1S/C25H28N4O2/c1-18-3-5-20(6-4-18)7-12-24(31)29-15-13-28(14-16-29)22-10-8-21(9-11-22)25-19(2)17-23(30)26-27-25/h3-12,19H,13-17H2,1-2H3,(H,26,30)/b12-7+. The number of nitrogens with zero attached hydrogens (tertiary/aromatic N) is 3. The van der Waals surface area contributed by atoms with Crippen LogP contribution in [0.4, 0.5) is 5.69 Å². The zero-order valence-corrected chi connectivity index (χ0v) is 18.0. The van der Waals surface area contributed by atoms with Crippen molar-refractivity contribution >= 4 is 29.3 Å². The van der Waals surface area contributed by atoms with Gasteiger partial charge in [-0.2, -0.15) is 5.10 Å². The summed E-state index contributed by atoms with van der Waals surface area (Å²) < 4.78 is 0. The second-order valence-corrected chi connectivity index (χ2v) is 8.24. The van der Waals surface area contributed by atoms with Gasteiger partial charge in [0, 0.05) is 50.3 Å². The predicted molar refractivity (Wildman–Crippen MR) is 124 cm³/mol. The number of hydrogen-bond acceptors (Lipinski definition) is 4. The van der Waals surface area contributed by atoms with Crippen LogP contribution in [-0.2, 0) is 9.59 Å². The summed E-state index contributed by atoms with van der Waals surface area (Å²) >= 11 is 0. The van der Waals surface area contributed by atoms with Crippen molar-refractivity contribution in [2.75, 3.05) is 31.1 Å². The van der Waals surface area contributed by atoms with Crippen molar-refractivity contribution in [1.82, 2.24) is 10.3 Å². The van der Waals surface area contributed by atoms with Crippen LogP contribution in [-0.4, -0.2) is 48.6 Å². The molecule has 2 amide bonds. The quantitative estimate of drug-likeness (QED) is 0.779. The van der Waals surface area contributed by atoms with Crippen LogP contribution < -0.4 is 10.3 Å². The molecule has 6 nitrogen and oxygen atoms in total. The number of hydrazone groups is 1. The number of anilines is 1. The molecule has 0 spiro atoms. The summed E-state index contributed by atoms with van der Waals surface area (Å²) in [6.07, 6.45) is 4.01. The van der Waals surface area contributed by atoms with Gasteiger partial charge in [-0.05, 0) is 36.3 Å². The molecule has 2 aliphatic rings. The van der Waals surface area contributed by atoms with E-state index in [-0.39, 0.29) is 17.7 Å². The van der Waals surface area contributed by atoms with Gasteiger partial charge in [-0.3, -0.25) is 9.59 Å². The maximum Gasteiger partial charge on any atom is 0.246 e. The van der Waals surface area contributed by atoms with Crippen LogP contribution in [0.15, 0.2) is 59.7 Å². The third-order valence-electron chi connectivity index (χ3n) is 5.87. The molecule has 2 aliphatic heterocycles. The summed E-state index contributed by atoms with van der Waals surface area (Å²) in [5.41, 5.74) is 7.91. The van der Waals surface area contributed by atoms with Gasteiger partial charge in [0.1, 0.15) is 0 Å². The van der Waals surface area contributed by atoms with Crippen molar-refractivity contribution in [3.05, 3.63) is 71.3 Å². The largest absolute Gasteiger partial charge is 0.368 e. The lowest BCUT2D eigenvalue weighted by Gasteiger charge is -2.35. The first-order valence-electron chi connectivity index (χ1n) is 10.7. The fourth-order valence-electron chi connectivity index (χ4n) is 3.98. The molecule has 160 valence electrons. The highest BCUT2D eigenvalue weighted by Gasteiger charge is 2.23. The second kappa shape index (κ2) is 9.16. The molecule has 2 aromatic rings. The number of rotatable bonds is 4. The molecule has 1 N–H and O–H groups in total. The molecular weight excluding hydrogens is 388 g/mol. The van der Waals surface area contributed by atoms with Crippen LogP contribution in [0.5, 0.6) is 0 Å².